The maximum atomic E-state index is 12.7. The Morgan fingerprint density at radius 2 is 1.71 bits per heavy atom. The van der Waals surface area contributed by atoms with Gasteiger partial charge in [0.25, 0.3) is 5.91 Å². The van der Waals surface area contributed by atoms with E-state index in [0.29, 0.717) is 17.8 Å². The number of benzene rings is 2. The summed E-state index contributed by atoms with van der Waals surface area (Å²) in [5.74, 6) is -0.0835. The molecule has 1 N–H and O–H groups in total. The quantitative estimate of drug-likeness (QED) is 0.915. The van der Waals surface area contributed by atoms with Crippen LogP contribution in [0.5, 0.6) is 0 Å². The molecule has 4 heteroatoms. The molecule has 124 valence electrons. The van der Waals surface area contributed by atoms with Gasteiger partial charge in [0.15, 0.2) is 0 Å². The molecule has 0 aromatic heterocycles. The molecule has 1 aliphatic rings. The summed E-state index contributed by atoms with van der Waals surface area (Å²) in [7, 11) is 0. The number of anilines is 2. The number of nitrogens with zero attached hydrogens (tertiary/aromatic N) is 1. The van der Waals surface area contributed by atoms with Gasteiger partial charge in [0.2, 0.25) is 5.91 Å². The molecule has 0 fully saturated rings. The van der Waals surface area contributed by atoms with Crippen molar-refractivity contribution in [3.63, 3.8) is 0 Å². The molecule has 24 heavy (non-hydrogen) atoms. The molecule has 0 bridgehead atoms. The van der Waals surface area contributed by atoms with E-state index in [1.807, 2.05) is 51.1 Å². The van der Waals surface area contributed by atoms with Gasteiger partial charge in [-0.25, -0.2) is 0 Å². The maximum Gasteiger partial charge on any atom is 0.256 e. The Morgan fingerprint density at radius 1 is 1.04 bits per heavy atom. The second-order valence-electron chi connectivity index (χ2n) is 6.49. The number of hydrogen-bond donors (Lipinski definition) is 1. The van der Waals surface area contributed by atoms with Crippen molar-refractivity contribution in [3.8, 4) is 0 Å². The van der Waals surface area contributed by atoms with E-state index in [0.717, 1.165) is 34.4 Å². The van der Waals surface area contributed by atoms with E-state index in [4.69, 9.17) is 0 Å². The van der Waals surface area contributed by atoms with Gasteiger partial charge >= 0.3 is 0 Å². The van der Waals surface area contributed by atoms with E-state index in [1.165, 1.54) is 0 Å². The van der Waals surface area contributed by atoms with Crippen molar-refractivity contribution in [1.82, 2.24) is 0 Å². The highest BCUT2D eigenvalue weighted by atomic mass is 16.2. The van der Waals surface area contributed by atoms with Crippen LogP contribution in [0.3, 0.4) is 0 Å². The minimum Gasteiger partial charge on any atom is -0.322 e. The third kappa shape index (κ3) is 2.92. The third-order valence-corrected chi connectivity index (χ3v) is 4.52. The first-order valence-corrected chi connectivity index (χ1v) is 8.17. The molecule has 0 atom stereocenters. The number of aryl methyl sites for hydroxylation is 3. The number of carbonyl (C=O) groups excluding carboxylic acids is 2. The van der Waals surface area contributed by atoms with Crippen molar-refractivity contribution >= 4 is 23.2 Å². The van der Waals surface area contributed by atoms with Crippen LogP contribution in [0.1, 0.15) is 39.5 Å². The third-order valence-electron chi connectivity index (χ3n) is 4.52. The molecular weight excluding hydrogens is 300 g/mol. The van der Waals surface area contributed by atoms with E-state index in [9.17, 15) is 9.59 Å². The van der Waals surface area contributed by atoms with E-state index in [1.54, 1.807) is 11.8 Å². The predicted octanol–water partition coefficient (Wildman–Crippen LogP) is 3.77. The van der Waals surface area contributed by atoms with Gasteiger partial charge in [0.1, 0.15) is 0 Å². The summed E-state index contributed by atoms with van der Waals surface area (Å²) < 4.78 is 0. The summed E-state index contributed by atoms with van der Waals surface area (Å²) in [5.41, 5.74) is 6.56. The molecular formula is C20H22N2O2. The van der Waals surface area contributed by atoms with E-state index in [-0.39, 0.29) is 11.8 Å². The minimum absolute atomic E-state index is 0.0300. The number of fused-ring (bicyclic) bond motifs is 1. The molecule has 1 aliphatic heterocycles. The smallest absolute Gasteiger partial charge is 0.256 e. The van der Waals surface area contributed by atoms with Crippen LogP contribution in [0, 0.1) is 20.8 Å². The molecule has 2 amide bonds. The SMILES string of the molecule is CC(=O)N1CCc2ccc(NC(=O)c3c(C)cc(C)cc3C)cc21. The first-order valence-electron chi connectivity index (χ1n) is 8.17. The Bertz CT molecular complexity index is 817. The monoisotopic (exact) mass is 322 g/mol. The first kappa shape index (κ1) is 16.2. The lowest BCUT2D eigenvalue weighted by Crippen LogP contribution is -2.25. The van der Waals surface area contributed by atoms with Gasteiger partial charge < -0.3 is 10.2 Å². The van der Waals surface area contributed by atoms with Crippen LogP contribution < -0.4 is 10.2 Å². The lowest BCUT2D eigenvalue weighted by Gasteiger charge is -2.16. The van der Waals surface area contributed by atoms with Crippen LogP contribution in [0.25, 0.3) is 0 Å². The van der Waals surface area contributed by atoms with Gasteiger partial charge in [0.05, 0.1) is 0 Å². The van der Waals surface area contributed by atoms with Crippen molar-refractivity contribution in [2.75, 3.05) is 16.8 Å². The number of nitrogens with one attached hydrogen (secondary N) is 1. The van der Waals surface area contributed by atoms with Crippen molar-refractivity contribution in [2.45, 2.75) is 34.1 Å². The second-order valence-corrected chi connectivity index (χ2v) is 6.49. The summed E-state index contributed by atoms with van der Waals surface area (Å²) in [4.78, 5) is 26.2. The highest BCUT2D eigenvalue weighted by Gasteiger charge is 2.23. The van der Waals surface area contributed by atoms with Crippen LogP contribution in [-0.4, -0.2) is 18.4 Å². The Balaban J connectivity index is 1.89. The molecule has 1 heterocycles. The predicted molar refractivity (Wildman–Crippen MR) is 96.8 cm³/mol. The summed E-state index contributed by atoms with van der Waals surface area (Å²) >= 11 is 0. The zero-order valence-corrected chi connectivity index (χ0v) is 14.6. The minimum atomic E-state index is -0.114. The molecule has 0 aliphatic carbocycles. The average Bonchev–Trinajstić information content (AvgIpc) is 2.89. The van der Waals surface area contributed by atoms with Crippen LogP contribution in [0.4, 0.5) is 11.4 Å². The summed E-state index contributed by atoms with van der Waals surface area (Å²) in [6.07, 6.45) is 0.860. The Hall–Kier alpha value is -2.62. The Labute approximate surface area is 142 Å². The molecule has 3 rings (SSSR count). The molecule has 0 radical (unpaired) electrons. The average molecular weight is 322 g/mol. The summed E-state index contributed by atoms with van der Waals surface area (Å²) in [6.45, 7) is 8.21. The van der Waals surface area contributed by atoms with Crippen LogP contribution in [0.15, 0.2) is 30.3 Å². The number of carbonyl (C=O) groups is 2. The molecule has 0 spiro atoms. The fourth-order valence-electron chi connectivity index (χ4n) is 3.52. The van der Waals surface area contributed by atoms with Gasteiger partial charge in [-0.3, -0.25) is 9.59 Å². The van der Waals surface area contributed by atoms with Gasteiger partial charge in [-0.2, -0.15) is 0 Å². The van der Waals surface area contributed by atoms with Crippen LogP contribution >= 0.6 is 0 Å². The summed E-state index contributed by atoms with van der Waals surface area (Å²) in [6, 6.07) is 9.81. The highest BCUT2D eigenvalue weighted by Crippen LogP contribution is 2.31. The largest absolute Gasteiger partial charge is 0.322 e. The van der Waals surface area contributed by atoms with Crippen molar-refractivity contribution < 1.29 is 9.59 Å². The first-order chi connectivity index (χ1) is 11.4. The lowest BCUT2D eigenvalue weighted by atomic mass is 9.99. The lowest BCUT2D eigenvalue weighted by molar-refractivity contribution is -0.116. The molecule has 0 saturated carbocycles. The van der Waals surface area contributed by atoms with Crippen molar-refractivity contribution in [1.29, 1.82) is 0 Å². The molecule has 2 aromatic rings. The second kappa shape index (κ2) is 6.11. The van der Waals surface area contributed by atoms with Gasteiger partial charge in [-0.15, -0.1) is 0 Å². The molecule has 0 saturated heterocycles. The topological polar surface area (TPSA) is 49.4 Å². The van der Waals surface area contributed by atoms with Gasteiger partial charge in [-0.1, -0.05) is 23.8 Å². The fourth-order valence-corrected chi connectivity index (χ4v) is 3.52. The molecule has 2 aromatic carbocycles. The van der Waals surface area contributed by atoms with E-state index in [2.05, 4.69) is 5.32 Å². The van der Waals surface area contributed by atoms with Crippen LogP contribution in [0.2, 0.25) is 0 Å². The maximum absolute atomic E-state index is 12.7. The number of rotatable bonds is 2. The number of hydrogen-bond acceptors (Lipinski definition) is 2. The molecule has 0 unspecified atom stereocenters. The zero-order chi connectivity index (χ0) is 17.4. The Morgan fingerprint density at radius 3 is 2.33 bits per heavy atom. The van der Waals surface area contributed by atoms with Gasteiger partial charge in [-0.05, 0) is 56.0 Å². The standard InChI is InChI=1S/C20H22N2O2/c1-12-9-13(2)19(14(3)10-12)20(24)21-17-6-5-16-7-8-22(15(4)23)18(16)11-17/h5-6,9-11H,7-8H2,1-4H3,(H,21,24). The van der Waals surface area contributed by atoms with Crippen molar-refractivity contribution in [2.24, 2.45) is 0 Å². The summed E-state index contributed by atoms with van der Waals surface area (Å²) in [5, 5.41) is 2.97. The molecule has 4 nitrogen and oxygen atoms in total. The highest BCUT2D eigenvalue weighted by molar-refractivity contribution is 6.07. The van der Waals surface area contributed by atoms with E-state index < -0.39 is 0 Å². The van der Waals surface area contributed by atoms with Crippen LogP contribution in [-0.2, 0) is 11.2 Å². The number of amides is 2. The van der Waals surface area contributed by atoms with Gasteiger partial charge in [0, 0.05) is 30.4 Å². The van der Waals surface area contributed by atoms with Crippen molar-refractivity contribution in [3.05, 3.63) is 58.1 Å². The fraction of sp³-hybridized carbons (Fsp3) is 0.300. The van der Waals surface area contributed by atoms with E-state index >= 15 is 0 Å². The normalized spacial score (nSPS) is 12.9. The zero-order valence-electron chi connectivity index (χ0n) is 14.6. The Kier molecular flexibility index (Phi) is 4.14.